The fourth-order valence-corrected chi connectivity index (χ4v) is 3.53. The summed E-state index contributed by atoms with van der Waals surface area (Å²) in [6.45, 7) is 2.55. The van der Waals surface area contributed by atoms with Gasteiger partial charge in [0.05, 0.1) is 20.5 Å². The molecule has 108 valence electrons. The SMILES string of the molecule is Cc1sc2ncnc(NCc3ccc(Cl)c(Cl)c3)c2c1Cl. The van der Waals surface area contributed by atoms with E-state index in [1.807, 2.05) is 19.1 Å². The van der Waals surface area contributed by atoms with Crippen LogP contribution in [-0.4, -0.2) is 9.97 Å². The molecule has 0 unspecified atom stereocenters. The zero-order valence-corrected chi connectivity index (χ0v) is 14.0. The number of nitrogens with zero attached hydrogens (tertiary/aromatic N) is 2. The Kier molecular flexibility index (Phi) is 4.22. The number of fused-ring (bicyclic) bond motifs is 1. The van der Waals surface area contributed by atoms with Gasteiger partial charge in [0.1, 0.15) is 17.0 Å². The smallest absolute Gasteiger partial charge is 0.139 e. The fourth-order valence-electron chi connectivity index (χ4n) is 1.98. The third kappa shape index (κ3) is 2.94. The lowest BCUT2D eigenvalue weighted by Gasteiger charge is -2.08. The predicted molar refractivity (Wildman–Crippen MR) is 91.0 cm³/mol. The molecule has 0 amide bonds. The van der Waals surface area contributed by atoms with Gasteiger partial charge < -0.3 is 5.32 Å². The molecule has 0 atom stereocenters. The minimum absolute atomic E-state index is 0.535. The molecule has 0 aliphatic rings. The number of hydrogen-bond donors (Lipinski definition) is 1. The summed E-state index contributed by atoms with van der Waals surface area (Å²) in [5.74, 6) is 0.723. The predicted octanol–water partition coefficient (Wildman–Crippen LogP) is 5.57. The second-order valence-electron chi connectivity index (χ2n) is 4.48. The van der Waals surface area contributed by atoms with Gasteiger partial charge in [0.2, 0.25) is 0 Å². The zero-order valence-electron chi connectivity index (χ0n) is 11.0. The summed E-state index contributed by atoms with van der Waals surface area (Å²) in [4.78, 5) is 10.4. The van der Waals surface area contributed by atoms with Gasteiger partial charge in [-0.1, -0.05) is 40.9 Å². The minimum atomic E-state index is 0.535. The highest BCUT2D eigenvalue weighted by Crippen LogP contribution is 2.37. The third-order valence-corrected chi connectivity index (χ3v) is 5.37. The van der Waals surface area contributed by atoms with E-state index in [9.17, 15) is 0 Å². The second-order valence-corrected chi connectivity index (χ2v) is 6.87. The quantitative estimate of drug-likeness (QED) is 0.665. The topological polar surface area (TPSA) is 37.8 Å². The van der Waals surface area contributed by atoms with Gasteiger partial charge in [-0.25, -0.2) is 9.97 Å². The van der Waals surface area contributed by atoms with Crippen LogP contribution in [0.1, 0.15) is 10.4 Å². The lowest BCUT2D eigenvalue weighted by molar-refractivity contribution is 1.11. The van der Waals surface area contributed by atoms with E-state index in [-0.39, 0.29) is 0 Å². The lowest BCUT2D eigenvalue weighted by atomic mass is 10.2. The van der Waals surface area contributed by atoms with Crippen LogP contribution in [0.2, 0.25) is 15.1 Å². The van der Waals surface area contributed by atoms with Crippen molar-refractivity contribution in [1.82, 2.24) is 9.97 Å². The van der Waals surface area contributed by atoms with Gasteiger partial charge in [0, 0.05) is 11.4 Å². The number of hydrogen-bond acceptors (Lipinski definition) is 4. The highest BCUT2D eigenvalue weighted by atomic mass is 35.5. The minimum Gasteiger partial charge on any atom is -0.365 e. The van der Waals surface area contributed by atoms with Gasteiger partial charge in [-0.05, 0) is 24.6 Å². The van der Waals surface area contributed by atoms with E-state index >= 15 is 0 Å². The van der Waals surface area contributed by atoms with E-state index in [2.05, 4.69) is 15.3 Å². The van der Waals surface area contributed by atoms with Crippen molar-refractivity contribution in [2.45, 2.75) is 13.5 Å². The maximum Gasteiger partial charge on any atom is 0.139 e. The molecule has 3 rings (SSSR count). The maximum absolute atomic E-state index is 6.33. The van der Waals surface area contributed by atoms with Crippen molar-refractivity contribution in [3.63, 3.8) is 0 Å². The van der Waals surface area contributed by atoms with Crippen LogP contribution in [0.5, 0.6) is 0 Å². The van der Waals surface area contributed by atoms with Crippen LogP contribution in [0.4, 0.5) is 5.82 Å². The first-order chi connectivity index (χ1) is 10.1. The van der Waals surface area contributed by atoms with Crippen molar-refractivity contribution in [3.8, 4) is 0 Å². The first-order valence-corrected chi connectivity index (χ1v) is 8.08. The molecule has 3 nitrogen and oxygen atoms in total. The van der Waals surface area contributed by atoms with Crippen LogP contribution in [0.25, 0.3) is 10.2 Å². The molecule has 0 bridgehead atoms. The van der Waals surface area contributed by atoms with Crippen molar-refractivity contribution >= 4 is 62.2 Å². The molecule has 3 aromatic rings. The highest BCUT2D eigenvalue weighted by Gasteiger charge is 2.13. The van der Waals surface area contributed by atoms with Crippen molar-refractivity contribution in [2.75, 3.05) is 5.32 Å². The number of rotatable bonds is 3. The van der Waals surface area contributed by atoms with E-state index in [0.29, 0.717) is 21.6 Å². The Morgan fingerprint density at radius 1 is 1.14 bits per heavy atom. The molecule has 21 heavy (non-hydrogen) atoms. The summed E-state index contributed by atoms with van der Waals surface area (Å²) in [6, 6.07) is 5.52. The van der Waals surface area contributed by atoms with Crippen molar-refractivity contribution in [3.05, 3.63) is 50.0 Å². The van der Waals surface area contributed by atoms with Gasteiger partial charge >= 0.3 is 0 Å². The molecule has 0 fully saturated rings. The molecular formula is C14H10Cl3N3S. The van der Waals surface area contributed by atoms with Crippen molar-refractivity contribution in [2.24, 2.45) is 0 Å². The molecule has 2 aromatic heterocycles. The summed E-state index contributed by atoms with van der Waals surface area (Å²) >= 11 is 19.8. The van der Waals surface area contributed by atoms with Crippen LogP contribution >= 0.6 is 46.1 Å². The third-order valence-electron chi connectivity index (χ3n) is 3.03. The van der Waals surface area contributed by atoms with Crippen LogP contribution in [0.3, 0.4) is 0 Å². The summed E-state index contributed by atoms with van der Waals surface area (Å²) in [6.07, 6.45) is 1.53. The Morgan fingerprint density at radius 2 is 1.95 bits per heavy atom. The fraction of sp³-hybridized carbons (Fsp3) is 0.143. The molecule has 1 aromatic carbocycles. The van der Waals surface area contributed by atoms with Gasteiger partial charge in [-0.3, -0.25) is 0 Å². The normalized spacial score (nSPS) is 11.0. The Morgan fingerprint density at radius 3 is 2.71 bits per heavy atom. The molecule has 0 radical (unpaired) electrons. The Balaban J connectivity index is 1.90. The second kappa shape index (κ2) is 5.97. The Hall–Kier alpha value is -1.07. The standard InChI is InChI=1S/C14H10Cl3N3S/c1-7-12(17)11-13(19-6-20-14(11)21-7)18-5-8-2-3-9(15)10(16)4-8/h2-4,6H,5H2,1H3,(H,18,19,20). The summed E-state index contributed by atoms with van der Waals surface area (Å²) in [7, 11) is 0. The molecule has 2 heterocycles. The maximum atomic E-state index is 6.33. The van der Waals surface area contributed by atoms with E-state index in [1.165, 1.54) is 6.33 Å². The molecule has 0 aliphatic heterocycles. The largest absolute Gasteiger partial charge is 0.365 e. The Labute approximate surface area is 140 Å². The average Bonchev–Trinajstić information content (AvgIpc) is 2.76. The molecule has 1 N–H and O–H groups in total. The lowest BCUT2D eigenvalue weighted by Crippen LogP contribution is -2.02. The van der Waals surface area contributed by atoms with Gasteiger partial charge in [-0.2, -0.15) is 0 Å². The number of thiophene rings is 1. The number of benzene rings is 1. The van der Waals surface area contributed by atoms with Crippen LogP contribution in [0.15, 0.2) is 24.5 Å². The molecule has 0 saturated heterocycles. The van der Waals surface area contributed by atoms with Crippen LogP contribution < -0.4 is 5.32 Å². The average molecular weight is 359 g/mol. The van der Waals surface area contributed by atoms with Crippen LogP contribution in [-0.2, 0) is 6.54 Å². The van der Waals surface area contributed by atoms with E-state index in [4.69, 9.17) is 34.8 Å². The van der Waals surface area contributed by atoms with E-state index < -0.39 is 0 Å². The van der Waals surface area contributed by atoms with Gasteiger partial charge in [0.25, 0.3) is 0 Å². The summed E-state index contributed by atoms with van der Waals surface area (Å²) < 4.78 is 0. The molecular weight excluding hydrogens is 349 g/mol. The van der Waals surface area contributed by atoms with E-state index in [1.54, 1.807) is 17.4 Å². The first-order valence-electron chi connectivity index (χ1n) is 6.13. The number of aromatic nitrogens is 2. The molecule has 7 heteroatoms. The van der Waals surface area contributed by atoms with Crippen LogP contribution in [0, 0.1) is 6.92 Å². The van der Waals surface area contributed by atoms with Crippen molar-refractivity contribution < 1.29 is 0 Å². The number of anilines is 1. The Bertz CT molecular complexity index is 817. The number of halogens is 3. The monoisotopic (exact) mass is 357 g/mol. The molecule has 0 saturated carbocycles. The molecule has 0 spiro atoms. The number of aryl methyl sites for hydroxylation is 1. The molecule has 0 aliphatic carbocycles. The van der Waals surface area contributed by atoms with Gasteiger partial charge in [0.15, 0.2) is 0 Å². The highest BCUT2D eigenvalue weighted by molar-refractivity contribution is 7.19. The summed E-state index contributed by atoms with van der Waals surface area (Å²) in [5, 5.41) is 5.92. The van der Waals surface area contributed by atoms with Crippen molar-refractivity contribution in [1.29, 1.82) is 0 Å². The zero-order chi connectivity index (χ0) is 15.0. The van der Waals surface area contributed by atoms with E-state index in [0.717, 1.165) is 26.5 Å². The number of nitrogens with one attached hydrogen (secondary N) is 1. The summed E-state index contributed by atoms with van der Waals surface area (Å²) in [5.41, 5.74) is 1.01. The first kappa shape index (κ1) is 14.9. The van der Waals surface area contributed by atoms with Gasteiger partial charge in [-0.15, -0.1) is 11.3 Å².